The molecule has 1 saturated carbocycles. The van der Waals surface area contributed by atoms with E-state index < -0.39 is 17.8 Å². The number of fused-ring (bicyclic) bond motifs is 1. The van der Waals surface area contributed by atoms with Gasteiger partial charge in [0.25, 0.3) is 0 Å². The SMILES string of the molecule is COC1CCC(NC[C@@H](C(=O)N2CCN(c3ncnc4c3[C@H](C)C[C@H]4O)CC2)c2ccc(Cl)cc2F)CC1. The quantitative estimate of drug-likeness (QED) is 0.547. The maximum Gasteiger partial charge on any atom is 0.231 e. The van der Waals surface area contributed by atoms with Crippen molar-refractivity contribution in [3.8, 4) is 0 Å². The number of benzene rings is 1. The van der Waals surface area contributed by atoms with Crippen LogP contribution in [0.2, 0.25) is 5.02 Å². The molecular weight excluding hydrogens is 509 g/mol. The van der Waals surface area contributed by atoms with Gasteiger partial charge in [0.15, 0.2) is 0 Å². The first-order valence-corrected chi connectivity index (χ1v) is 14.0. The van der Waals surface area contributed by atoms with Gasteiger partial charge in [0.05, 0.1) is 23.8 Å². The first-order valence-electron chi connectivity index (χ1n) is 13.6. The Morgan fingerprint density at radius 1 is 1.21 bits per heavy atom. The molecule has 0 bridgehead atoms. The van der Waals surface area contributed by atoms with Gasteiger partial charge in [-0.05, 0) is 50.2 Å². The molecule has 206 valence electrons. The van der Waals surface area contributed by atoms with Crippen LogP contribution < -0.4 is 10.2 Å². The molecule has 3 atom stereocenters. The highest BCUT2D eigenvalue weighted by molar-refractivity contribution is 6.30. The summed E-state index contributed by atoms with van der Waals surface area (Å²) in [6.45, 7) is 4.71. The van der Waals surface area contributed by atoms with E-state index in [-0.39, 0.29) is 24.0 Å². The van der Waals surface area contributed by atoms with Crippen molar-refractivity contribution >= 4 is 23.3 Å². The topological polar surface area (TPSA) is 90.8 Å². The van der Waals surface area contributed by atoms with Gasteiger partial charge in [0, 0.05) is 62.0 Å². The smallest absolute Gasteiger partial charge is 0.231 e. The molecule has 1 aromatic carbocycles. The van der Waals surface area contributed by atoms with E-state index >= 15 is 4.39 Å². The molecule has 0 radical (unpaired) electrons. The number of ether oxygens (including phenoxy) is 1. The number of nitrogens with one attached hydrogen (secondary N) is 1. The third kappa shape index (κ3) is 5.66. The summed E-state index contributed by atoms with van der Waals surface area (Å²) >= 11 is 6.02. The van der Waals surface area contributed by atoms with Gasteiger partial charge in [-0.2, -0.15) is 0 Å². The van der Waals surface area contributed by atoms with Crippen LogP contribution >= 0.6 is 11.6 Å². The molecule has 5 rings (SSSR count). The van der Waals surface area contributed by atoms with Crippen LogP contribution in [0.25, 0.3) is 0 Å². The minimum absolute atomic E-state index is 0.0827. The minimum atomic E-state index is -0.641. The summed E-state index contributed by atoms with van der Waals surface area (Å²) in [6.07, 6.45) is 5.79. The molecule has 8 nitrogen and oxygen atoms in total. The summed E-state index contributed by atoms with van der Waals surface area (Å²) in [6, 6.07) is 4.84. The number of rotatable bonds is 7. The van der Waals surface area contributed by atoms with E-state index in [0.717, 1.165) is 37.1 Å². The number of nitrogens with zero attached hydrogens (tertiary/aromatic N) is 4. The number of aliphatic hydroxyl groups is 1. The highest BCUT2D eigenvalue weighted by Crippen LogP contribution is 2.42. The summed E-state index contributed by atoms with van der Waals surface area (Å²) in [5.74, 6) is -0.153. The molecule has 2 fully saturated rings. The predicted molar refractivity (Wildman–Crippen MR) is 144 cm³/mol. The van der Waals surface area contributed by atoms with Crippen molar-refractivity contribution in [1.29, 1.82) is 0 Å². The summed E-state index contributed by atoms with van der Waals surface area (Å²) in [7, 11) is 1.75. The number of anilines is 1. The number of carbonyl (C=O) groups excluding carboxylic acids is 1. The van der Waals surface area contributed by atoms with Gasteiger partial charge in [-0.15, -0.1) is 0 Å². The Hall–Kier alpha value is -2.33. The molecule has 0 spiro atoms. The molecule has 1 amide bonds. The normalized spacial score (nSPS) is 26.3. The zero-order valence-corrected chi connectivity index (χ0v) is 22.8. The second kappa shape index (κ2) is 11.8. The first-order chi connectivity index (χ1) is 18.4. The molecule has 0 unspecified atom stereocenters. The number of carbonyl (C=O) groups is 1. The number of amides is 1. The van der Waals surface area contributed by atoms with Gasteiger partial charge in [-0.3, -0.25) is 4.79 Å². The van der Waals surface area contributed by atoms with E-state index in [4.69, 9.17) is 16.3 Å². The Kier molecular flexibility index (Phi) is 8.47. The van der Waals surface area contributed by atoms with Gasteiger partial charge in [-0.25, -0.2) is 14.4 Å². The fourth-order valence-electron chi connectivity index (χ4n) is 6.21. The second-order valence-electron chi connectivity index (χ2n) is 10.8. The van der Waals surface area contributed by atoms with Crippen molar-refractivity contribution in [1.82, 2.24) is 20.2 Å². The Morgan fingerprint density at radius 3 is 2.63 bits per heavy atom. The standard InChI is InChI=1S/C28H37ClFN5O3/c1-17-13-24(36)26-25(17)27(33-16-32-26)34-9-11-35(12-10-34)28(37)22(21-8-3-18(29)14-23(21)30)15-31-19-4-6-20(38-2)7-5-19/h3,8,14,16-17,19-20,22,24,31,36H,4-7,9-13,15H2,1-2H3/t17-,19?,20?,22-,24-/m1/s1. The van der Waals surface area contributed by atoms with Gasteiger partial charge < -0.3 is 25.0 Å². The lowest BCUT2D eigenvalue weighted by Gasteiger charge is -2.38. The van der Waals surface area contributed by atoms with Crippen LogP contribution in [0.3, 0.4) is 0 Å². The maximum absolute atomic E-state index is 15.0. The number of piperazine rings is 1. The van der Waals surface area contributed by atoms with Crippen molar-refractivity contribution in [2.75, 3.05) is 44.7 Å². The molecular formula is C28H37ClFN5O3. The van der Waals surface area contributed by atoms with Crippen molar-refractivity contribution in [2.45, 2.75) is 69.1 Å². The summed E-state index contributed by atoms with van der Waals surface area (Å²) < 4.78 is 20.5. The first kappa shape index (κ1) is 27.2. The minimum Gasteiger partial charge on any atom is -0.387 e. The fraction of sp³-hybridized carbons (Fsp3) is 0.607. The van der Waals surface area contributed by atoms with Gasteiger partial charge in [0.1, 0.15) is 18.0 Å². The molecule has 1 aromatic heterocycles. The number of halogens is 2. The van der Waals surface area contributed by atoms with E-state index in [9.17, 15) is 9.90 Å². The Labute approximate surface area is 228 Å². The number of aromatic nitrogens is 2. The highest BCUT2D eigenvalue weighted by Gasteiger charge is 2.35. The van der Waals surface area contributed by atoms with Crippen molar-refractivity contribution < 1.29 is 19.0 Å². The lowest BCUT2D eigenvalue weighted by molar-refractivity contribution is -0.133. The monoisotopic (exact) mass is 545 g/mol. The van der Waals surface area contributed by atoms with E-state index in [1.807, 2.05) is 4.90 Å². The van der Waals surface area contributed by atoms with Crippen LogP contribution in [-0.2, 0) is 9.53 Å². The molecule has 2 heterocycles. The second-order valence-corrected chi connectivity index (χ2v) is 11.2. The fourth-order valence-corrected chi connectivity index (χ4v) is 6.37. The van der Waals surface area contributed by atoms with Crippen molar-refractivity contribution in [2.24, 2.45) is 0 Å². The lowest BCUT2D eigenvalue weighted by Crippen LogP contribution is -2.52. The van der Waals surface area contributed by atoms with Crippen LogP contribution in [0.5, 0.6) is 0 Å². The number of hydrogen-bond donors (Lipinski definition) is 2. The largest absolute Gasteiger partial charge is 0.387 e. The van der Waals surface area contributed by atoms with E-state index in [1.165, 1.54) is 12.4 Å². The molecule has 38 heavy (non-hydrogen) atoms. The number of aliphatic hydroxyl groups excluding tert-OH is 1. The maximum atomic E-state index is 15.0. The molecule has 1 aliphatic heterocycles. The molecule has 10 heteroatoms. The summed E-state index contributed by atoms with van der Waals surface area (Å²) in [5.41, 5.74) is 2.09. The summed E-state index contributed by atoms with van der Waals surface area (Å²) in [4.78, 5) is 26.7. The van der Waals surface area contributed by atoms with Crippen molar-refractivity contribution in [3.63, 3.8) is 0 Å². The average molecular weight is 546 g/mol. The van der Waals surface area contributed by atoms with E-state index in [0.29, 0.717) is 55.4 Å². The van der Waals surface area contributed by atoms with E-state index in [1.54, 1.807) is 19.2 Å². The molecule has 1 saturated heterocycles. The number of methoxy groups -OCH3 is 1. The van der Waals surface area contributed by atoms with Crippen LogP contribution in [-0.4, -0.2) is 77.9 Å². The molecule has 3 aliphatic rings. The van der Waals surface area contributed by atoms with Crippen LogP contribution in [0.4, 0.5) is 10.2 Å². The number of hydrogen-bond acceptors (Lipinski definition) is 7. The predicted octanol–water partition coefficient (Wildman–Crippen LogP) is 3.79. The van der Waals surface area contributed by atoms with Crippen LogP contribution in [0.1, 0.15) is 73.8 Å². The van der Waals surface area contributed by atoms with Gasteiger partial charge in [0.2, 0.25) is 5.91 Å². The van der Waals surface area contributed by atoms with Crippen LogP contribution in [0.15, 0.2) is 24.5 Å². The van der Waals surface area contributed by atoms with Crippen molar-refractivity contribution in [3.05, 3.63) is 52.2 Å². The lowest BCUT2D eigenvalue weighted by atomic mass is 9.91. The molecule has 2 N–H and O–H groups in total. The zero-order chi connectivity index (χ0) is 26.8. The third-order valence-electron chi connectivity index (χ3n) is 8.42. The Balaban J connectivity index is 1.28. The van der Waals surface area contributed by atoms with E-state index in [2.05, 4.69) is 27.1 Å². The average Bonchev–Trinajstić information content (AvgIpc) is 3.23. The van der Waals surface area contributed by atoms with Gasteiger partial charge >= 0.3 is 0 Å². The molecule has 2 aromatic rings. The zero-order valence-electron chi connectivity index (χ0n) is 22.1. The summed E-state index contributed by atoms with van der Waals surface area (Å²) in [5, 5.41) is 14.2. The van der Waals surface area contributed by atoms with Crippen LogP contribution in [0, 0.1) is 5.82 Å². The Morgan fingerprint density at radius 2 is 1.95 bits per heavy atom. The third-order valence-corrected chi connectivity index (χ3v) is 8.66. The molecule has 2 aliphatic carbocycles. The van der Waals surface area contributed by atoms with Gasteiger partial charge in [-0.1, -0.05) is 24.6 Å². The highest BCUT2D eigenvalue weighted by atomic mass is 35.5. The Bertz CT molecular complexity index is 1140.